The molecule has 27 heavy (non-hydrogen) atoms. The maximum Gasteiger partial charge on any atom is 0.410 e. The van der Waals surface area contributed by atoms with E-state index in [1.54, 1.807) is 29.2 Å². The summed E-state index contributed by atoms with van der Waals surface area (Å²) in [6, 6.07) is 6.97. The molecule has 7 nitrogen and oxygen atoms in total. The highest BCUT2D eigenvalue weighted by Crippen LogP contribution is 2.17. The van der Waals surface area contributed by atoms with E-state index in [4.69, 9.17) is 22.1 Å². The second-order valence-electron chi connectivity index (χ2n) is 7.22. The van der Waals surface area contributed by atoms with E-state index in [2.05, 4.69) is 4.99 Å². The number of hydrogen-bond donors (Lipinski definition) is 2. The third-order valence-corrected chi connectivity index (χ3v) is 4.19. The number of carbonyl (C=O) groups is 1. The van der Waals surface area contributed by atoms with Crippen LogP contribution in [-0.4, -0.2) is 65.3 Å². The van der Waals surface area contributed by atoms with E-state index >= 15 is 0 Å². The molecule has 0 aromatic heterocycles. The van der Waals surface area contributed by atoms with E-state index in [1.807, 2.05) is 25.7 Å². The molecule has 0 saturated carbocycles. The van der Waals surface area contributed by atoms with Crippen LogP contribution in [0.1, 0.15) is 32.4 Å². The van der Waals surface area contributed by atoms with E-state index in [9.17, 15) is 9.90 Å². The summed E-state index contributed by atoms with van der Waals surface area (Å²) >= 11 is 5.84. The highest BCUT2D eigenvalue weighted by Gasteiger charge is 2.26. The highest BCUT2D eigenvalue weighted by molar-refractivity contribution is 14.0. The lowest BCUT2D eigenvalue weighted by Gasteiger charge is -2.36. The monoisotopic (exact) mass is 510 g/mol. The lowest BCUT2D eigenvalue weighted by Crippen LogP contribution is -2.53. The van der Waals surface area contributed by atoms with E-state index in [-0.39, 0.29) is 36.6 Å². The number of amides is 1. The number of aliphatic hydroxyl groups is 1. The van der Waals surface area contributed by atoms with Gasteiger partial charge in [0.1, 0.15) is 5.60 Å². The molecule has 1 heterocycles. The van der Waals surface area contributed by atoms with Crippen LogP contribution < -0.4 is 5.73 Å². The molecule has 2 rings (SSSR count). The van der Waals surface area contributed by atoms with Crippen molar-refractivity contribution in [3.8, 4) is 0 Å². The van der Waals surface area contributed by atoms with Crippen LogP contribution in [0.2, 0.25) is 5.02 Å². The quantitative estimate of drug-likeness (QED) is 0.371. The Kier molecular flexibility index (Phi) is 9.10. The molecule has 152 valence electrons. The lowest BCUT2D eigenvalue weighted by molar-refractivity contribution is 0.0186. The number of ether oxygens (including phenoxy) is 1. The predicted octanol–water partition coefficient (Wildman–Crippen LogP) is 2.86. The maximum atomic E-state index is 12.1. The molecule has 1 aliphatic rings. The average Bonchev–Trinajstić information content (AvgIpc) is 2.58. The Labute approximate surface area is 182 Å². The van der Waals surface area contributed by atoms with Crippen molar-refractivity contribution in [3.05, 3.63) is 34.9 Å². The zero-order valence-corrected chi connectivity index (χ0v) is 19.0. The minimum absolute atomic E-state index is 0. The summed E-state index contributed by atoms with van der Waals surface area (Å²) in [6.07, 6.45) is -1.06. The summed E-state index contributed by atoms with van der Waals surface area (Å²) < 4.78 is 5.37. The van der Waals surface area contributed by atoms with E-state index in [0.29, 0.717) is 37.2 Å². The topological polar surface area (TPSA) is 91.4 Å². The number of hydrogen-bond acceptors (Lipinski definition) is 4. The molecule has 1 aromatic rings. The molecule has 1 saturated heterocycles. The van der Waals surface area contributed by atoms with Gasteiger partial charge in [-0.2, -0.15) is 0 Å². The first-order chi connectivity index (χ1) is 12.2. The fourth-order valence-corrected chi connectivity index (χ4v) is 2.64. The van der Waals surface area contributed by atoms with Crippen molar-refractivity contribution in [2.45, 2.75) is 32.5 Å². The Bertz CT molecular complexity index is 641. The molecule has 1 amide bonds. The second kappa shape index (κ2) is 10.3. The number of rotatable bonds is 3. The largest absolute Gasteiger partial charge is 0.444 e. The molecule has 3 N–H and O–H groups in total. The normalized spacial score (nSPS) is 16.6. The van der Waals surface area contributed by atoms with Gasteiger partial charge in [-0.1, -0.05) is 23.7 Å². The molecule has 0 spiro atoms. The second-order valence-corrected chi connectivity index (χ2v) is 7.66. The molecule has 1 aliphatic heterocycles. The van der Waals surface area contributed by atoms with Crippen LogP contribution >= 0.6 is 35.6 Å². The van der Waals surface area contributed by atoms with E-state index in [0.717, 1.165) is 5.56 Å². The molecule has 1 aromatic carbocycles. The van der Waals surface area contributed by atoms with Gasteiger partial charge < -0.3 is 25.4 Å². The Morgan fingerprint density at radius 1 is 1.22 bits per heavy atom. The number of aliphatic hydroxyl groups excluding tert-OH is 1. The number of nitrogens with zero attached hydrogens (tertiary/aromatic N) is 3. The summed E-state index contributed by atoms with van der Waals surface area (Å²) in [7, 11) is 0. The van der Waals surface area contributed by atoms with Crippen molar-refractivity contribution in [3.63, 3.8) is 0 Å². The predicted molar refractivity (Wildman–Crippen MR) is 118 cm³/mol. The minimum Gasteiger partial charge on any atom is -0.444 e. The standard InChI is InChI=1S/C18H27ClN4O3.HI/c1-18(2,3)26-17(25)23-10-8-22(9-11-23)16(20)21-12-15(24)13-4-6-14(19)7-5-13;/h4-7,15,24H,8-12H2,1-3H3,(H2,20,21);1H. The van der Waals surface area contributed by atoms with E-state index in [1.165, 1.54) is 0 Å². The number of benzene rings is 1. The van der Waals surface area contributed by atoms with Gasteiger partial charge in [-0.15, -0.1) is 24.0 Å². The Balaban J connectivity index is 0.00000364. The van der Waals surface area contributed by atoms with Crippen LogP contribution in [0.3, 0.4) is 0 Å². The maximum absolute atomic E-state index is 12.1. The van der Waals surface area contributed by atoms with Crippen LogP contribution in [0, 0.1) is 0 Å². The number of carbonyl (C=O) groups excluding carboxylic acids is 1. The number of guanidine groups is 1. The van der Waals surface area contributed by atoms with Crippen molar-refractivity contribution in [2.75, 3.05) is 32.7 Å². The lowest BCUT2D eigenvalue weighted by atomic mass is 10.1. The number of nitrogens with two attached hydrogens (primary N) is 1. The van der Waals surface area contributed by atoms with Gasteiger partial charge in [0.25, 0.3) is 0 Å². The highest BCUT2D eigenvalue weighted by atomic mass is 127. The first-order valence-electron chi connectivity index (χ1n) is 8.62. The third kappa shape index (κ3) is 7.71. The molecular weight excluding hydrogens is 483 g/mol. The van der Waals surface area contributed by atoms with Gasteiger partial charge in [0.05, 0.1) is 12.6 Å². The number of aliphatic imine (C=N–C) groups is 1. The van der Waals surface area contributed by atoms with Crippen LogP contribution in [0.5, 0.6) is 0 Å². The van der Waals surface area contributed by atoms with Crippen LogP contribution in [0.15, 0.2) is 29.3 Å². The SMILES string of the molecule is CC(C)(C)OC(=O)N1CCN(C(N)=NCC(O)c2ccc(Cl)cc2)CC1.I. The van der Waals surface area contributed by atoms with Crippen LogP contribution in [0.4, 0.5) is 4.79 Å². The van der Waals surface area contributed by atoms with Gasteiger partial charge in [-0.05, 0) is 38.5 Å². The van der Waals surface area contributed by atoms with Gasteiger partial charge in [0, 0.05) is 31.2 Å². The van der Waals surface area contributed by atoms with E-state index < -0.39 is 11.7 Å². The first kappa shape index (κ1) is 23.8. The summed E-state index contributed by atoms with van der Waals surface area (Å²) in [5, 5.41) is 10.8. The van der Waals surface area contributed by atoms with Crippen molar-refractivity contribution in [1.82, 2.24) is 9.80 Å². The first-order valence-corrected chi connectivity index (χ1v) is 9.00. The molecule has 0 radical (unpaired) electrons. The Morgan fingerprint density at radius 2 is 1.74 bits per heavy atom. The average molecular weight is 511 g/mol. The van der Waals surface area contributed by atoms with Gasteiger partial charge in [-0.25, -0.2) is 4.79 Å². The fourth-order valence-electron chi connectivity index (χ4n) is 2.51. The number of piperazine rings is 1. The Morgan fingerprint density at radius 3 is 2.26 bits per heavy atom. The molecule has 0 bridgehead atoms. The molecular formula is C18H28ClIN4O3. The van der Waals surface area contributed by atoms with Gasteiger partial charge >= 0.3 is 6.09 Å². The van der Waals surface area contributed by atoms with Gasteiger partial charge in [0.2, 0.25) is 0 Å². The summed E-state index contributed by atoms with van der Waals surface area (Å²) in [5.74, 6) is 0.363. The summed E-state index contributed by atoms with van der Waals surface area (Å²) in [5.41, 5.74) is 6.26. The van der Waals surface area contributed by atoms with Crippen molar-refractivity contribution >= 4 is 47.6 Å². The molecule has 9 heteroatoms. The molecule has 1 fully saturated rings. The smallest absolute Gasteiger partial charge is 0.410 e. The zero-order chi connectivity index (χ0) is 19.3. The Hall–Kier alpha value is -1.26. The zero-order valence-electron chi connectivity index (χ0n) is 15.9. The summed E-state index contributed by atoms with van der Waals surface area (Å²) in [6.45, 7) is 7.89. The van der Waals surface area contributed by atoms with Crippen LogP contribution in [0.25, 0.3) is 0 Å². The van der Waals surface area contributed by atoms with Crippen molar-refractivity contribution < 1.29 is 14.6 Å². The minimum atomic E-state index is -0.742. The number of halogens is 2. The third-order valence-electron chi connectivity index (χ3n) is 3.94. The van der Waals surface area contributed by atoms with Gasteiger partial charge in [-0.3, -0.25) is 4.99 Å². The van der Waals surface area contributed by atoms with Crippen molar-refractivity contribution in [1.29, 1.82) is 0 Å². The van der Waals surface area contributed by atoms with Crippen molar-refractivity contribution in [2.24, 2.45) is 10.7 Å². The molecule has 0 aliphatic carbocycles. The summed E-state index contributed by atoms with van der Waals surface area (Å²) in [4.78, 5) is 19.9. The molecule has 1 atom stereocenters. The molecule has 1 unspecified atom stereocenters. The van der Waals surface area contributed by atoms with Gasteiger partial charge in [0.15, 0.2) is 5.96 Å². The fraction of sp³-hybridized carbons (Fsp3) is 0.556. The van der Waals surface area contributed by atoms with Crippen LogP contribution in [-0.2, 0) is 4.74 Å².